The third-order valence-corrected chi connectivity index (χ3v) is 7.51. The largest absolute Gasteiger partial charge is 0.381 e. The van der Waals surface area contributed by atoms with Gasteiger partial charge in [0.25, 0.3) is 0 Å². The second-order valence-corrected chi connectivity index (χ2v) is 9.05. The Hall–Kier alpha value is -1.02. The molecule has 0 radical (unpaired) electrons. The molecule has 2 saturated heterocycles. The van der Waals surface area contributed by atoms with E-state index >= 15 is 0 Å². The highest BCUT2D eigenvalue weighted by Crippen LogP contribution is 2.33. The van der Waals surface area contributed by atoms with Crippen LogP contribution in [0.3, 0.4) is 0 Å². The van der Waals surface area contributed by atoms with E-state index < -0.39 is 0 Å². The monoisotopic (exact) mass is 428 g/mol. The summed E-state index contributed by atoms with van der Waals surface area (Å²) in [6.07, 6.45) is 4.31. The third-order valence-electron chi connectivity index (χ3n) is 5.73. The number of halogens is 2. The quantitative estimate of drug-likeness (QED) is 0.576. The second kappa shape index (κ2) is 10.1. The molecule has 2 aliphatic heterocycles. The predicted octanol–water partition coefficient (Wildman–Crippen LogP) is 3.08. The van der Waals surface area contributed by atoms with Crippen molar-refractivity contribution in [3.05, 3.63) is 34.6 Å². The number of piperazine rings is 1. The Morgan fingerprint density at radius 2 is 2.00 bits per heavy atom. The third kappa shape index (κ3) is 5.32. The minimum atomic E-state index is -0.230. The number of benzene rings is 1. The maximum atomic E-state index is 14.1. The molecule has 156 valence electrons. The Kier molecular flexibility index (Phi) is 7.85. The first-order valence-corrected chi connectivity index (χ1v) is 11.4. The van der Waals surface area contributed by atoms with E-state index in [1.165, 1.54) is 6.07 Å². The molecule has 0 atom stereocenters. The number of nitrogens with one attached hydrogen (secondary N) is 1. The van der Waals surface area contributed by atoms with Crippen LogP contribution in [0.2, 0.25) is 5.02 Å². The lowest BCUT2D eigenvalue weighted by molar-refractivity contribution is 0.0779. The number of thioether (sulfide) groups is 1. The Morgan fingerprint density at radius 1 is 1.29 bits per heavy atom. The van der Waals surface area contributed by atoms with Gasteiger partial charge in [-0.05, 0) is 31.2 Å². The van der Waals surface area contributed by atoms with E-state index in [-0.39, 0.29) is 10.6 Å². The lowest BCUT2D eigenvalue weighted by atomic mass is 9.99. The van der Waals surface area contributed by atoms with E-state index in [9.17, 15) is 4.39 Å². The molecule has 1 aromatic carbocycles. The molecule has 1 aromatic rings. The molecule has 1 N–H and O–H groups in total. The van der Waals surface area contributed by atoms with Gasteiger partial charge in [0.15, 0.2) is 5.96 Å². The zero-order valence-electron chi connectivity index (χ0n) is 16.7. The molecule has 8 heteroatoms. The molecule has 2 fully saturated rings. The van der Waals surface area contributed by atoms with Gasteiger partial charge in [0.1, 0.15) is 5.82 Å². The topological polar surface area (TPSA) is 40.1 Å². The number of ether oxygens (including phenoxy) is 1. The Balaban J connectivity index is 1.51. The summed E-state index contributed by atoms with van der Waals surface area (Å²) in [7, 11) is 1.84. The normalized spacial score (nSPS) is 21.0. The molecule has 0 aromatic heterocycles. The summed E-state index contributed by atoms with van der Waals surface area (Å²) in [4.78, 5) is 9.02. The molecule has 28 heavy (non-hydrogen) atoms. The van der Waals surface area contributed by atoms with Crippen molar-refractivity contribution in [2.24, 2.45) is 4.99 Å². The van der Waals surface area contributed by atoms with Gasteiger partial charge in [-0.25, -0.2) is 4.39 Å². The fraction of sp³-hybridized carbons (Fsp3) is 0.650. The van der Waals surface area contributed by atoms with Crippen molar-refractivity contribution >= 4 is 29.3 Å². The number of rotatable bonds is 5. The van der Waals surface area contributed by atoms with E-state index in [0.717, 1.165) is 64.7 Å². The van der Waals surface area contributed by atoms with Crippen LogP contribution < -0.4 is 5.32 Å². The van der Waals surface area contributed by atoms with Crippen LogP contribution in [0.15, 0.2) is 23.2 Å². The first kappa shape index (κ1) is 21.7. The predicted molar refractivity (Wildman–Crippen MR) is 116 cm³/mol. The molecule has 5 nitrogen and oxygen atoms in total. The zero-order valence-corrected chi connectivity index (χ0v) is 18.3. The summed E-state index contributed by atoms with van der Waals surface area (Å²) in [5.41, 5.74) is 0.585. The van der Waals surface area contributed by atoms with E-state index in [1.807, 2.05) is 18.8 Å². The molecule has 0 aliphatic carbocycles. The highest BCUT2D eigenvalue weighted by atomic mass is 35.5. The van der Waals surface area contributed by atoms with Crippen LogP contribution in [-0.4, -0.2) is 79.7 Å². The molecule has 3 rings (SSSR count). The van der Waals surface area contributed by atoms with Crippen molar-refractivity contribution in [2.45, 2.75) is 24.1 Å². The number of guanidine groups is 1. The first-order chi connectivity index (χ1) is 13.6. The lowest BCUT2D eigenvalue weighted by Gasteiger charge is -2.39. The standard InChI is InChI=1S/C20H30ClFN4OS/c1-23-19(24-15-20(28-2)6-12-27-13-7-20)26-10-8-25(9-11-26)14-16-17(21)4-3-5-18(16)22/h3-5H,6-15H2,1-2H3,(H,23,24). The van der Waals surface area contributed by atoms with Crippen molar-refractivity contribution in [3.8, 4) is 0 Å². The van der Waals surface area contributed by atoms with Crippen LogP contribution in [-0.2, 0) is 11.3 Å². The van der Waals surface area contributed by atoms with Gasteiger partial charge in [0, 0.05) is 74.9 Å². The van der Waals surface area contributed by atoms with Gasteiger partial charge in [-0.3, -0.25) is 9.89 Å². The van der Waals surface area contributed by atoms with Gasteiger partial charge in [0.2, 0.25) is 0 Å². The summed E-state index contributed by atoms with van der Waals surface area (Å²) in [6, 6.07) is 4.87. The van der Waals surface area contributed by atoms with Crippen molar-refractivity contribution in [3.63, 3.8) is 0 Å². The Morgan fingerprint density at radius 3 is 2.61 bits per heavy atom. The maximum Gasteiger partial charge on any atom is 0.193 e. The summed E-state index contributed by atoms with van der Waals surface area (Å²) >= 11 is 8.10. The lowest BCUT2D eigenvalue weighted by Crippen LogP contribution is -2.54. The van der Waals surface area contributed by atoms with Crippen LogP contribution >= 0.6 is 23.4 Å². The van der Waals surface area contributed by atoms with E-state index in [4.69, 9.17) is 16.3 Å². The fourth-order valence-corrected chi connectivity index (χ4v) is 4.81. The Bertz CT molecular complexity index is 656. The second-order valence-electron chi connectivity index (χ2n) is 7.36. The van der Waals surface area contributed by atoms with Crippen LogP contribution in [0.5, 0.6) is 0 Å². The highest BCUT2D eigenvalue weighted by molar-refractivity contribution is 8.00. The molecule has 0 spiro atoms. The molecule has 2 aliphatic rings. The first-order valence-electron chi connectivity index (χ1n) is 9.81. The molecular weight excluding hydrogens is 399 g/mol. The van der Waals surface area contributed by atoms with Gasteiger partial charge < -0.3 is 15.0 Å². The van der Waals surface area contributed by atoms with Crippen LogP contribution in [0.4, 0.5) is 4.39 Å². The van der Waals surface area contributed by atoms with Crippen molar-refractivity contribution in [1.82, 2.24) is 15.1 Å². The van der Waals surface area contributed by atoms with Crippen molar-refractivity contribution in [2.75, 3.05) is 59.2 Å². The molecule has 0 saturated carbocycles. The van der Waals surface area contributed by atoms with E-state index in [2.05, 4.69) is 26.4 Å². The number of hydrogen-bond acceptors (Lipinski definition) is 4. The van der Waals surface area contributed by atoms with Crippen LogP contribution in [0.1, 0.15) is 18.4 Å². The maximum absolute atomic E-state index is 14.1. The van der Waals surface area contributed by atoms with E-state index in [1.54, 1.807) is 12.1 Å². The van der Waals surface area contributed by atoms with Crippen LogP contribution in [0.25, 0.3) is 0 Å². The van der Waals surface area contributed by atoms with Gasteiger partial charge >= 0.3 is 0 Å². The van der Waals surface area contributed by atoms with Gasteiger partial charge in [0.05, 0.1) is 0 Å². The van der Waals surface area contributed by atoms with Crippen LogP contribution in [0, 0.1) is 5.82 Å². The van der Waals surface area contributed by atoms with E-state index in [0.29, 0.717) is 17.1 Å². The summed E-state index contributed by atoms with van der Waals surface area (Å²) < 4.78 is 19.8. The minimum Gasteiger partial charge on any atom is -0.381 e. The number of nitrogens with zero attached hydrogens (tertiary/aromatic N) is 3. The van der Waals surface area contributed by atoms with Gasteiger partial charge in [-0.15, -0.1) is 0 Å². The number of hydrogen-bond donors (Lipinski definition) is 1. The molecule has 0 unspecified atom stereocenters. The Labute approximate surface area is 176 Å². The zero-order chi connectivity index (χ0) is 20.0. The minimum absolute atomic E-state index is 0.220. The smallest absolute Gasteiger partial charge is 0.193 e. The van der Waals surface area contributed by atoms with Crippen molar-refractivity contribution in [1.29, 1.82) is 0 Å². The molecule has 0 amide bonds. The SMILES string of the molecule is CN=C(NCC1(SC)CCOCC1)N1CCN(Cc2c(F)cccc2Cl)CC1. The fourth-order valence-electron chi connectivity index (χ4n) is 3.79. The van der Waals surface area contributed by atoms with Crippen molar-refractivity contribution < 1.29 is 9.13 Å². The van der Waals surface area contributed by atoms with Gasteiger partial charge in [-0.2, -0.15) is 11.8 Å². The average molecular weight is 429 g/mol. The molecule has 0 bridgehead atoms. The summed E-state index contributed by atoms with van der Waals surface area (Å²) in [6.45, 7) is 6.54. The average Bonchev–Trinajstić information content (AvgIpc) is 2.73. The highest BCUT2D eigenvalue weighted by Gasteiger charge is 2.32. The molecular formula is C20H30ClFN4OS. The summed E-state index contributed by atoms with van der Waals surface area (Å²) in [5.74, 6) is 0.717. The van der Waals surface area contributed by atoms with Gasteiger partial charge in [-0.1, -0.05) is 17.7 Å². The summed E-state index contributed by atoms with van der Waals surface area (Å²) in [5, 5.41) is 4.08. The molecule has 2 heterocycles. The number of aliphatic imine (C=N–C) groups is 1.